The molecule has 0 saturated carbocycles. The Morgan fingerprint density at radius 1 is 1.54 bits per heavy atom. The van der Waals surface area contributed by atoms with Crippen molar-refractivity contribution in [2.75, 3.05) is 0 Å². The Balaban J connectivity index is 4.58. The summed E-state index contributed by atoms with van der Waals surface area (Å²) in [6.45, 7) is 6.31. The highest BCUT2D eigenvalue weighted by atomic mass is 16.6. The topological polar surface area (TPSA) is 73.3 Å². The zero-order chi connectivity index (χ0) is 10.6. The van der Waals surface area contributed by atoms with Gasteiger partial charge in [-0.1, -0.05) is 0 Å². The SMILES string of the molecule is CC(C#N)=[N+](O)C(=O)OC(C)(C)C. The zero-order valence-corrected chi connectivity index (χ0v) is 8.16. The fourth-order valence-corrected chi connectivity index (χ4v) is 0.489. The Kier molecular flexibility index (Phi) is 3.43. The van der Waals surface area contributed by atoms with E-state index < -0.39 is 11.7 Å². The molecule has 0 fully saturated rings. The van der Waals surface area contributed by atoms with Crippen LogP contribution in [0, 0.1) is 11.3 Å². The molecule has 0 aromatic heterocycles. The molecule has 0 aliphatic rings. The molecule has 0 saturated heterocycles. The lowest BCUT2D eigenvalue weighted by molar-refractivity contribution is -0.708. The first-order valence-corrected chi connectivity index (χ1v) is 3.73. The minimum atomic E-state index is -0.952. The van der Waals surface area contributed by atoms with Gasteiger partial charge in [0.1, 0.15) is 10.3 Å². The molecule has 5 heteroatoms. The van der Waals surface area contributed by atoms with Crippen molar-refractivity contribution in [3.8, 4) is 6.07 Å². The molecule has 0 aliphatic carbocycles. The van der Waals surface area contributed by atoms with Crippen LogP contribution >= 0.6 is 0 Å². The van der Waals surface area contributed by atoms with E-state index in [0.29, 0.717) is 0 Å². The van der Waals surface area contributed by atoms with Gasteiger partial charge in [0.25, 0.3) is 0 Å². The summed E-state index contributed by atoms with van der Waals surface area (Å²) in [5.41, 5.74) is -0.817. The van der Waals surface area contributed by atoms with Gasteiger partial charge in [-0.3, -0.25) is 5.21 Å². The zero-order valence-electron chi connectivity index (χ0n) is 8.16. The van der Waals surface area contributed by atoms with Crippen LogP contribution in [0.15, 0.2) is 0 Å². The van der Waals surface area contributed by atoms with Gasteiger partial charge < -0.3 is 4.74 Å². The summed E-state index contributed by atoms with van der Waals surface area (Å²) in [6, 6.07) is 1.62. The average molecular weight is 185 g/mol. The highest BCUT2D eigenvalue weighted by molar-refractivity contribution is 5.94. The number of carbonyl (C=O) groups is 1. The molecule has 1 amide bonds. The lowest BCUT2D eigenvalue weighted by Crippen LogP contribution is -2.31. The molecule has 0 unspecified atom stereocenters. The molecule has 0 bridgehead atoms. The number of nitriles is 1. The van der Waals surface area contributed by atoms with Gasteiger partial charge in [-0.05, 0) is 20.8 Å². The summed E-state index contributed by atoms with van der Waals surface area (Å²) in [6.07, 6.45) is -0.952. The molecular weight excluding hydrogens is 172 g/mol. The summed E-state index contributed by atoms with van der Waals surface area (Å²) in [4.78, 5) is 11.0. The molecule has 0 radical (unpaired) electrons. The minimum Gasteiger partial charge on any atom is -0.403 e. The van der Waals surface area contributed by atoms with Gasteiger partial charge in [-0.25, -0.2) is 0 Å². The third kappa shape index (κ3) is 4.11. The summed E-state index contributed by atoms with van der Waals surface area (Å²) >= 11 is 0. The van der Waals surface area contributed by atoms with Crippen molar-refractivity contribution in [2.24, 2.45) is 0 Å². The predicted molar refractivity (Wildman–Crippen MR) is 44.6 cm³/mol. The van der Waals surface area contributed by atoms with Crippen molar-refractivity contribution in [3.63, 3.8) is 0 Å². The smallest absolute Gasteiger partial charge is 0.403 e. The first kappa shape index (κ1) is 11.4. The second-order valence-corrected chi connectivity index (χ2v) is 3.49. The molecule has 0 spiro atoms. The monoisotopic (exact) mass is 185 g/mol. The van der Waals surface area contributed by atoms with Gasteiger partial charge in [0.2, 0.25) is 0 Å². The highest BCUT2D eigenvalue weighted by Gasteiger charge is 2.29. The normalized spacial score (nSPS) is 12.8. The summed E-state index contributed by atoms with van der Waals surface area (Å²) in [5.74, 6) is 0. The van der Waals surface area contributed by atoms with Crippen LogP contribution in [0.3, 0.4) is 0 Å². The van der Waals surface area contributed by atoms with E-state index in [0.717, 1.165) is 0 Å². The summed E-state index contributed by atoms with van der Waals surface area (Å²) in [5, 5.41) is 17.4. The van der Waals surface area contributed by atoms with Crippen LogP contribution in [0.2, 0.25) is 0 Å². The quantitative estimate of drug-likeness (QED) is 0.203. The number of hydrogen-bond donors (Lipinski definition) is 1. The maximum absolute atomic E-state index is 11.0. The molecule has 0 heterocycles. The molecule has 0 aliphatic heterocycles. The molecule has 13 heavy (non-hydrogen) atoms. The Hall–Kier alpha value is -1.57. The Bertz CT molecular complexity index is 281. The van der Waals surface area contributed by atoms with Gasteiger partial charge in [0, 0.05) is 6.92 Å². The van der Waals surface area contributed by atoms with Crippen LogP contribution in [-0.4, -0.2) is 27.4 Å². The van der Waals surface area contributed by atoms with Crippen molar-refractivity contribution >= 4 is 11.8 Å². The number of carbonyl (C=O) groups excluding carboxylic acids is 1. The molecule has 0 aromatic rings. The largest absolute Gasteiger partial charge is 0.647 e. The van der Waals surface area contributed by atoms with Crippen molar-refractivity contribution in [1.29, 1.82) is 5.26 Å². The average Bonchev–Trinajstić information content (AvgIpc) is 1.98. The number of rotatable bonds is 0. The van der Waals surface area contributed by atoms with Crippen LogP contribution < -0.4 is 0 Å². The van der Waals surface area contributed by atoms with Gasteiger partial charge >= 0.3 is 11.8 Å². The lowest BCUT2D eigenvalue weighted by Gasteiger charge is -2.14. The van der Waals surface area contributed by atoms with Crippen molar-refractivity contribution in [3.05, 3.63) is 0 Å². The van der Waals surface area contributed by atoms with E-state index in [-0.39, 0.29) is 10.5 Å². The third-order valence-electron chi connectivity index (χ3n) is 1.05. The van der Waals surface area contributed by atoms with Crippen LogP contribution in [-0.2, 0) is 4.74 Å². The molecule has 72 valence electrons. The summed E-state index contributed by atoms with van der Waals surface area (Å²) < 4.78 is 4.97. The van der Waals surface area contributed by atoms with Gasteiger partial charge in [-0.15, -0.1) is 0 Å². The lowest BCUT2D eigenvalue weighted by atomic mass is 10.2. The van der Waals surface area contributed by atoms with Crippen LogP contribution in [0.25, 0.3) is 0 Å². The van der Waals surface area contributed by atoms with E-state index in [2.05, 4.69) is 0 Å². The molecular formula is C8H13N2O3+. The van der Waals surface area contributed by atoms with E-state index in [1.807, 2.05) is 0 Å². The second kappa shape index (κ2) is 3.90. The van der Waals surface area contributed by atoms with E-state index in [1.54, 1.807) is 26.8 Å². The highest BCUT2D eigenvalue weighted by Crippen LogP contribution is 2.07. The predicted octanol–water partition coefficient (Wildman–Crippen LogP) is 1.31. The van der Waals surface area contributed by atoms with Crippen molar-refractivity contribution in [1.82, 2.24) is 0 Å². The van der Waals surface area contributed by atoms with E-state index in [1.165, 1.54) is 6.92 Å². The Morgan fingerprint density at radius 2 is 2.00 bits per heavy atom. The fourth-order valence-electron chi connectivity index (χ4n) is 0.489. The van der Waals surface area contributed by atoms with Crippen LogP contribution in [0.1, 0.15) is 27.7 Å². The first-order valence-electron chi connectivity index (χ1n) is 3.73. The Labute approximate surface area is 76.8 Å². The third-order valence-corrected chi connectivity index (χ3v) is 1.05. The maximum atomic E-state index is 11.0. The molecule has 5 nitrogen and oxygen atoms in total. The van der Waals surface area contributed by atoms with Gasteiger partial charge in [0.05, 0.1) is 0 Å². The number of hydrogen-bond acceptors (Lipinski definition) is 4. The van der Waals surface area contributed by atoms with Crippen LogP contribution in [0.5, 0.6) is 0 Å². The van der Waals surface area contributed by atoms with Gasteiger partial charge in [0.15, 0.2) is 6.07 Å². The number of nitrogens with zero attached hydrogens (tertiary/aromatic N) is 2. The van der Waals surface area contributed by atoms with E-state index in [4.69, 9.17) is 15.2 Å². The standard InChI is InChI=1S/C8H13N2O3/c1-6(5-9)10(12)7(11)13-8(2,3)4/h12H,1-4H3/q+1. The molecule has 0 aromatic carbocycles. The maximum Gasteiger partial charge on any atom is 0.647 e. The Morgan fingerprint density at radius 3 is 2.31 bits per heavy atom. The van der Waals surface area contributed by atoms with E-state index >= 15 is 0 Å². The number of ether oxygens (including phenoxy) is 1. The summed E-state index contributed by atoms with van der Waals surface area (Å²) in [7, 11) is 0. The molecule has 1 N–H and O–H groups in total. The van der Waals surface area contributed by atoms with Crippen LogP contribution in [0.4, 0.5) is 4.79 Å². The van der Waals surface area contributed by atoms with Crippen molar-refractivity contribution < 1.29 is 19.5 Å². The fraction of sp³-hybridized carbons (Fsp3) is 0.625. The second-order valence-electron chi connectivity index (χ2n) is 3.49. The minimum absolute atomic E-state index is 0.130. The molecule has 0 atom stereocenters. The van der Waals surface area contributed by atoms with Crippen molar-refractivity contribution in [2.45, 2.75) is 33.3 Å². The van der Waals surface area contributed by atoms with E-state index in [9.17, 15) is 4.79 Å². The molecule has 0 rings (SSSR count). The number of amides is 1. The van der Waals surface area contributed by atoms with Gasteiger partial charge in [-0.2, -0.15) is 10.1 Å². The first-order chi connectivity index (χ1) is 5.78. The number of hydroxylamine groups is 1.